The normalized spacial score (nSPS) is 12.0. The third-order valence-electron chi connectivity index (χ3n) is 2.92. The molecule has 1 heterocycles. The first-order chi connectivity index (χ1) is 10.1. The molecule has 4 nitrogen and oxygen atoms in total. The summed E-state index contributed by atoms with van der Waals surface area (Å²) in [5.41, 5.74) is 0. The minimum Gasteiger partial charge on any atom is -0.484 e. The molecule has 1 atom stereocenters. The maximum absolute atomic E-state index is 12.0. The molecule has 1 amide bonds. The monoisotopic (exact) mass is 325 g/mol. The Balaban J connectivity index is 1.81. The van der Waals surface area contributed by atoms with Crippen LogP contribution in [0.4, 0.5) is 0 Å². The summed E-state index contributed by atoms with van der Waals surface area (Å²) >= 11 is 7.24. The number of nitrogens with zero attached hydrogens (tertiary/aromatic N) is 1. The van der Waals surface area contributed by atoms with Crippen molar-refractivity contribution in [1.82, 2.24) is 4.90 Å². The van der Waals surface area contributed by atoms with Gasteiger partial charge in [-0.05, 0) is 35.7 Å². The van der Waals surface area contributed by atoms with Crippen molar-refractivity contribution in [3.05, 3.63) is 51.7 Å². The Morgan fingerprint density at radius 3 is 2.71 bits per heavy atom. The molecule has 1 unspecified atom stereocenters. The maximum Gasteiger partial charge on any atom is 0.260 e. The topological polar surface area (TPSA) is 49.8 Å². The predicted molar refractivity (Wildman–Crippen MR) is 83.9 cm³/mol. The van der Waals surface area contributed by atoms with E-state index in [2.05, 4.69) is 0 Å². The fourth-order valence-corrected chi connectivity index (χ4v) is 2.55. The first kappa shape index (κ1) is 15.8. The third-order valence-corrected chi connectivity index (χ3v) is 4.15. The number of ether oxygens (including phenoxy) is 1. The molecule has 1 N–H and O–H groups in total. The van der Waals surface area contributed by atoms with Crippen molar-refractivity contribution >= 4 is 28.8 Å². The second-order valence-electron chi connectivity index (χ2n) is 4.55. The van der Waals surface area contributed by atoms with E-state index < -0.39 is 6.10 Å². The Kier molecular flexibility index (Phi) is 5.61. The van der Waals surface area contributed by atoms with Crippen LogP contribution in [0, 0.1) is 0 Å². The summed E-state index contributed by atoms with van der Waals surface area (Å²) in [6.45, 7) is 0.165. The first-order valence-corrected chi connectivity index (χ1v) is 7.66. The van der Waals surface area contributed by atoms with Gasteiger partial charge < -0.3 is 14.7 Å². The fourth-order valence-electron chi connectivity index (χ4n) is 1.72. The fraction of sp³-hybridized carbons (Fsp3) is 0.267. The van der Waals surface area contributed by atoms with Crippen LogP contribution in [-0.2, 0) is 4.79 Å². The van der Waals surface area contributed by atoms with E-state index in [1.54, 1.807) is 31.3 Å². The molecule has 0 spiro atoms. The molecule has 0 bridgehead atoms. The molecule has 1 aromatic heterocycles. The van der Waals surface area contributed by atoms with Gasteiger partial charge in [-0.2, -0.15) is 0 Å². The van der Waals surface area contributed by atoms with Crippen LogP contribution in [0.15, 0.2) is 41.8 Å². The Morgan fingerprint density at radius 2 is 2.10 bits per heavy atom. The van der Waals surface area contributed by atoms with E-state index in [9.17, 15) is 9.90 Å². The number of thiophene rings is 1. The van der Waals surface area contributed by atoms with Crippen LogP contribution in [0.1, 0.15) is 11.0 Å². The number of hydrogen-bond acceptors (Lipinski definition) is 4. The average Bonchev–Trinajstić information content (AvgIpc) is 3.00. The van der Waals surface area contributed by atoms with Gasteiger partial charge in [0.2, 0.25) is 0 Å². The number of carbonyl (C=O) groups excluding carboxylic acids is 1. The van der Waals surface area contributed by atoms with Gasteiger partial charge in [-0.3, -0.25) is 4.79 Å². The van der Waals surface area contributed by atoms with Crippen LogP contribution in [0.2, 0.25) is 5.02 Å². The van der Waals surface area contributed by atoms with Crippen LogP contribution >= 0.6 is 22.9 Å². The van der Waals surface area contributed by atoms with Crippen molar-refractivity contribution in [2.75, 3.05) is 20.2 Å². The van der Waals surface area contributed by atoms with Crippen LogP contribution < -0.4 is 4.74 Å². The molecule has 21 heavy (non-hydrogen) atoms. The molecule has 6 heteroatoms. The lowest BCUT2D eigenvalue weighted by Crippen LogP contribution is -2.34. The molecule has 112 valence electrons. The van der Waals surface area contributed by atoms with Crippen molar-refractivity contribution in [2.45, 2.75) is 6.10 Å². The zero-order valence-corrected chi connectivity index (χ0v) is 13.1. The third kappa shape index (κ3) is 4.74. The standard InChI is InChI=1S/C15H16ClNO3S/c1-17(9-13(18)14-3-2-8-21-14)15(19)10-20-12-6-4-11(16)5-7-12/h2-8,13,18H,9-10H2,1H3. The van der Waals surface area contributed by atoms with Crippen LogP contribution in [-0.4, -0.2) is 36.1 Å². The molecular formula is C15H16ClNO3S. The Labute approximate surface area is 132 Å². The predicted octanol–water partition coefficient (Wildman–Crippen LogP) is 2.97. The summed E-state index contributed by atoms with van der Waals surface area (Å²) in [7, 11) is 1.64. The Bertz CT molecular complexity index is 571. The van der Waals surface area contributed by atoms with Gasteiger partial charge in [-0.25, -0.2) is 0 Å². The molecule has 0 aliphatic carbocycles. The Hall–Kier alpha value is -1.56. The highest BCUT2D eigenvalue weighted by molar-refractivity contribution is 7.10. The molecule has 0 saturated carbocycles. The minimum atomic E-state index is -0.672. The van der Waals surface area contributed by atoms with Gasteiger partial charge in [-0.1, -0.05) is 17.7 Å². The number of carbonyl (C=O) groups is 1. The van der Waals surface area contributed by atoms with E-state index >= 15 is 0 Å². The van der Waals surface area contributed by atoms with Gasteiger partial charge in [0, 0.05) is 16.9 Å². The van der Waals surface area contributed by atoms with E-state index in [1.165, 1.54) is 16.2 Å². The van der Waals surface area contributed by atoms with Crippen molar-refractivity contribution < 1.29 is 14.6 Å². The van der Waals surface area contributed by atoms with Gasteiger partial charge >= 0.3 is 0 Å². The van der Waals surface area contributed by atoms with E-state index in [4.69, 9.17) is 16.3 Å². The second kappa shape index (κ2) is 7.45. The SMILES string of the molecule is CN(CC(O)c1cccs1)C(=O)COc1ccc(Cl)cc1. The molecule has 2 rings (SSSR count). The van der Waals surface area contributed by atoms with E-state index in [0.29, 0.717) is 10.8 Å². The molecule has 0 fully saturated rings. The Morgan fingerprint density at radius 1 is 1.38 bits per heavy atom. The highest BCUT2D eigenvalue weighted by Gasteiger charge is 2.16. The van der Waals surface area contributed by atoms with Gasteiger partial charge in [0.1, 0.15) is 11.9 Å². The highest BCUT2D eigenvalue weighted by atomic mass is 35.5. The number of benzene rings is 1. The molecule has 0 saturated heterocycles. The second-order valence-corrected chi connectivity index (χ2v) is 5.96. The minimum absolute atomic E-state index is 0.0741. The van der Waals surface area contributed by atoms with Gasteiger partial charge in [0.25, 0.3) is 5.91 Å². The van der Waals surface area contributed by atoms with Crippen molar-refractivity contribution in [1.29, 1.82) is 0 Å². The average molecular weight is 326 g/mol. The molecule has 0 aliphatic rings. The molecule has 0 aliphatic heterocycles. The summed E-state index contributed by atoms with van der Waals surface area (Å²) in [5, 5.41) is 12.5. The summed E-state index contributed by atoms with van der Waals surface area (Å²) in [6.07, 6.45) is -0.672. The molecule has 0 radical (unpaired) electrons. The molecule has 1 aromatic carbocycles. The van der Waals surface area contributed by atoms with Gasteiger partial charge in [0.05, 0.1) is 6.54 Å². The summed E-state index contributed by atoms with van der Waals surface area (Å²) in [4.78, 5) is 14.3. The van der Waals surface area contributed by atoms with Crippen LogP contribution in [0.25, 0.3) is 0 Å². The van der Waals surface area contributed by atoms with E-state index in [-0.39, 0.29) is 19.1 Å². The largest absolute Gasteiger partial charge is 0.484 e. The lowest BCUT2D eigenvalue weighted by Gasteiger charge is -2.20. The van der Waals surface area contributed by atoms with Crippen LogP contribution in [0.5, 0.6) is 5.75 Å². The lowest BCUT2D eigenvalue weighted by atomic mass is 10.3. The summed E-state index contributed by atoms with van der Waals surface area (Å²) < 4.78 is 5.39. The quantitative estimate of drug-likeness (QED) is 0.888. The number of likely N-dealkylation sites (N-methyl/N-ethyl adjacent to an activating group) is 1. The van der Waals surface area contributed by atoms with Crippen molar-refractivity contribution in [3.63, 3.8) is 0 Å². The van der Waals surface area contributed by atoms with Crippen molar-refractivity contribution in [2.24, 2.45) is 0 Å². The van der Waals surface area contributed by atoms with Crippen molar-refractivity contribution in [3.8, 4) is 5.75 Å². The first-order valence-electron chi connectivity index (χ1n) is 6.40. The summed E-state index contributed by atoms with van der Waals surface area (Å²) in [5.74, 6) is 0.389. The lowest BCUT2D eigenvalue weighted by molar-refractivity contribution is -0.133. The maximum atomic E-state index is 12.0. The highest BCUT2D eigenvalue weighted by Crippen LogP contribution is 2.19. The molecular weight excluding hydrogens is 310 g/mol. The number of hydrogen-bond donors (Lipinski definition) is 1. The number of rotatable bonds is 6. The number of aliphatic hydroxyl groups excluding tert-OH is 1. The number of aliphatic hydroxyl groups is 1. The molecule has 2 aromatic rings. The zero-order valence-electron chi connectivity index (χ0n) is 11.5. The number of halogens is 1. The van der Waals surface area contributed by atoms with E-state index in [0.717, 1.165) is 4.88 Å². The number of amides is 1. The van der Waals surface area contributed by atoms with Gasteiger partial charge in [-0.15, -0.1) is 11.3 Å². The van der Waals surface area contributed by atoms with Crippen LogP contribution in [0.3, 0.4) is 0 Å². The van der Waals surface area contributed by atoms with Gasteiger partial charge in [0.15, 0.2) is 6.61 Å². The van der Waals surface area contributed by atoms with E-state index in [1.807, 2.05) is 17.5 Å². The zero-order chi connectivity index (χ0) is 15.2. The smallest absolute Gasteiger partial charge is 0.260 e. The summed E-state index contributed by atoms with van der Waals surface area (Å²) in [6, 6.07) is 10.5.